The van der Waals surface area contributed by atoms with E-state index in [2.05, 4.69) is 9.97 Å². The van der Waals surface area contributed by atoms with Crippen LogP contribution in [0.4, 0.5) is 0 Å². The summed E-state index contributed by atoms with van der Waals surface area (Å²) in [6.45, 7) is 1.99. The lowest BCUT2D eigenvalue weighted by Gasteiger charge is -2.09. The molecule has 0 N–H and O–H groups in total. The van der Waals surface area contributed by atoms with Crippen LogP contribution in [0.1, 0.15) is 5.56 Å². The fourth-order valence-electron chi connectivity index (χ4n) is 2.00. The number of halogens is 1. The molecule has 0 unspecified atom stereocenters. The molecule has 0 radical (unpaired) electrons. The second-order valence-electron chi connectivity index (χ2n) is 4.12. The number of nitrogens with zero attached hydrogens (tertiary/aromatic N) is 2. The van der Waals surface area contributed by atoms with Crippen molar-refractivity contribution in [3.8, 4) is 16.5 Å². The first kappa shape index (κ1) is 12.4. The second-order valence-corrected chi connectivity index (χ2v) is 5.43. The van der Waals surface area contributed by atoms with Crippen LogP contribution in [0.5, 0.6) is 5.75 Å². The van der Waals surface area contributed by atoms with Gasteiger partial charge in [-0.2, -0.15) is 0 Å². The van der Waals surface area contributed by atoms with Gasteiger partial charge in [0.15, 0.2) is 5.82 Å². The molecule has 1 aromatic carbocycles. The quantitative estimate of drug-likeness (QED) is 0.659. The summed E-state index contributed by atoms with van der Waals surface area (Å²) in [5.41, 5.74) is 1.80. The SMILES string of the molecule is COc1ccc(C)c2c(Cl)nc(-c3cccs3)nc12. The lowest BCUT2D eigenvalue weighted by atomic mass is 10.1. The van der Waals surface area contributed by atoms with Crippen LogP contribution in [-0.4, -0.2) is 17.1 Å². The molecule has 3 rings (SSSR count). The number of thiophene rings is 1. The van der Waals surface area contributed by atoms with Gasteiger partial charge < -0.3 is 4.74 Å². The molecule has 19 heavy (non-hydrogen) atoms. The van der Waals surface area contributed by atoms with Crippen molar-refractivity contribution in [3.05, 3.63) is 40.4 Å². The highest BCUT2D eigenvalue weighted by Crippen LogP contribution is 2.33. The van der Waals surface area contributed by atoms with Crippen LogP contribution in [-0.2, 0) is 0 Å². The molecule has 5 heteroatoms. The van der Waals surface area contributed by atoms with Crippen LogP contribution in [0.2, 0.25) is 5.15 Å². The van der Waals surface area contributed by atoms with Crippen molar-refractivity contribution < 1.29 is 4.74 Å². The van der Waals surface area contributed by atoms with Crippen molar-refractivity contribution in [2.75, 3.05) is 7.11 Å². The number of aromatic nitrogens is 2. The van der Waals surface area contributed by atoms with E-state index in [1.165, 1.54) is 0 Å². The van der Waals surface area contributed by atoms with Gasteiger partial charge >= 0.3 is 0 Å². The number of methoxy groups -OCH3 is 1. The Morgan fingerprint density at radius 1 is 1.21 bits per heavy atom. The lowest BCUT2D eigenvalue weighted by molar-refractivity contribution is 0.419. The zero-order valence-corrected chi connectivity index (χ0v) is 12.0. The maximum Gasteiger partial charge on any atom is 0.171 e. The maximum absolute atomic E-state index is 6.31. The summed E-state index contributed by atoms with van der Waals surface area (Å²) in [7, 11) is 1.63. The number of benzene rings is 1. The topological polar surface area (TPSA) is 35.0 Å². The molecule has 2 aromatic heterocycles. The largest absolute Gasteiger partial charge is 0.494 e. The standard InChI is InChI=1S/C14H11ClN2OS/c1-8-5-6-9(18-2)12-11(8)13(15)17-14(16-12)10-4-3-7-19-10/h3-7H,1-2H3. The summed E-state index contributed by atoms with van der Waals surface area (Å²) in [6.07, 6.45) is 0. The molecule has 0 aliphatic carbocycles. The fraction of sp³-hybridized carbons (Fsp3) is 0.143. The van der Waals surface area contributed by atoms with Crippen LogP contribution >= 0.6 is 22.9 Å². The summed E-state index contributed by atoms with van der Waals surface area (Å²) in [4.78, 5) is 9.98. The highest BCUT2D eigenvalue weighted by molar-refractivity contribution is 7.13. The minimum atomic E-state index is 0.463. The van der Waals surface area contributed by atoms with Crippen LogP contribution in [0.3, 0.4) is 0 Å². The minimum Gasteiger partial charge on any atom is -0.494 e. The highest BCUT2D eigenvalue weighted by atomic mass is 35.5. The van der Waals surface area contributed by atoms with E-state index in [4.69, 9.17) is 16.3 Å². The van der Waals surface area contributed by atoms with Gasteiger partial charge in [0.05, 0.1) is 12.0 Å². The Morgan fingerprint density at radius 2 is 2.05 bits per heavy atom. The summed E-state index contributed by atoms with van der Waals surface area (Å²) in [6, 6.07) is 7.81. The second kappa shape index (κ2) is 4.79. The van der Waals surface area contributed by atoms with Crippen LogP contribution in [0.15, 0.2) is 29.6 Å². The Hall–Kier alpha value is -1.65. The summed E-state index contributed by atoms with van der Waals surface area (Å²) < 4.78 is 5.36. The van der Waals surface area contributed by atoms with Gasteiger partial charge in [-0.1, -0.05) is 23.7 Å². The van der Waals surface area contributed by atoms with E-state index < -0.39 is 0 Å². The first-order valence-electron chi connectivity index (χ1n) is 5.75. The molecule has 96 valence electrons. The number of hydrogen-bond donors (Lipinski definition) is 0. The Kier molecular flexibility index (Phi) is 3.12. The van der Waals surface area contributed by atoms with Crippen molar-refractivity contribution in [2.45, 2.75) is 6.92 Å². The molecule has 0 fully saturated rings. The molecule has 0 aliphatic heterocycles. The third-order valence-corrected chi connectivity index (χ3v) is 4.08. The Labute approximate surface area is 119 Å². The first-order valence-corrected chi connectivity index (χ1v) is 7.01. The van der Waals surface area contributed by atoms with E-state index in [1.54, 1.807) is 18.4 Å². The maximum atomic E-state index is 6.31. The summed E-state index contributed by atoms with van der Waals surface area (Å²) in [5, 5.41) is 3.30. The predicted octanol–water partition coefficient (Wildman–Crippen LogP) is 4.33. The van der Waals surface area contributed by atoms with E-state index in [0.717, 1.165) is 21.3 Å². The first-order chi connectivity index (χ1) is 9.20. The van der Waals surface area contributed by atoms with Crippen molar-refractivity contribution in [2.24, 2.45) is 0 Å². The van der Waals surface area contributed by atoms with Crippen LogP contribution in [0, 0.1) is 6.92 Å². The number of aryl methyl sites for hydroxylation is 1. The summed E-state index contributed by atoms with van der Waals surface area (Å²) in [5.74, 6) is 1.35. The van der Waals surface area contributed by atoms with Gasteiger partial charge in [-0.15, -0.1) is 11.3 Å². The van der Waals surface area contributed by atoms with E-state index in [9.17, 15) is 0 Å². The predicted molar refractivity (Wildman–Crippen MR) is 79.2 cm³/mol. The van der Waals surface area contributed by atoms with Gasteiger partial charge in [-0.05, 0) is 30.0 Å². The number of ether oxygens (including phenoxy) is 1. The number of hydrogen-bond acceptors (Lipinski definition) is 4. The molecule has 0 atom stereocenters. The zero-order valence-electron chi connectivity index (χ0n) is 10.5. The van der Waals surface area contributed by atoms with E-state index in [-0.39, 0.29) is 0 Å². The van der Waals surface area contributed by atoms with Gasteiger partial charge in [0.1, 0.15) is 16.4 Å². The third kappa shape index (κ3) is 2.07. The third-order valence-electron chi connectivity index (χ3n) is 2.94. The van der Waals surface area contributed by atoms with Gasteiger partial charge in [0, 0.05) is 5.39 Å². The van der Waals surface area contributed by atoms with Crippen LogP contribution < -0.4 is 4.74 Å². The van der Waals surface area contributed by atoms with Crippen molar-refractivity contribution in [1.29, 1.82) is 0 Å². The average molecular weight is 291 g/mol. The van der Waals surface area contributed by atoms with E-state index in [0.29, 0.717) is 16.7 Å². The molecule has 0 bridgehead atoms. The van der Waals surface area contributed by atoms with Crippen molar-refractivity contribution in [1.82, 2.24) is 9.97 Å². The fourth-order valence-corrected chi connectivity index (χ4v) is 2.98. The molecular weight excluding hydrogens is 280 g/mol. The zero-order chi connectivity index (χ0) is 13.4. The number of fused-ring (bicyclic) bond motifs is 1. The van der Waals surface area contributed by atoms with E-state index in [1.807, 2.05) is 36.6 Å². The van der Waals surface area contributed by atoms with E-state index >= 15 is 0 Å². The molecule has 0 amide bonds. The lowest BCUT2D eigenvalue weighted by Crippen LogP contribution is -1.95. The molecule has 3 nitrogen and oxygen atoms in total. The molecule has 3 aromatic rings. The molecular formula is C14H11ClN2OS. The minimum absolute atomic E-state index is 0.463. The van der Waals surface area contributed by atoms with Gasteiger partial charge in [0.2, 0.25) is 0 Å². The molecule has 0 aliphatic rings. The monoisotopic (exact) mass is 290 g/mol. The van der Waals surface area contributed by atoms with Gasteiger partial charge in [-0.25, -0.2) is 9.97 Å². The molecule has 0 saturated carbocycles. The molecule has 0 saturated heterocycles. The van der Waals surface area contributed by atoms with Crippen molar-refractivity contribution in [3.63, 3.8) is 0 Å². The van der Waals surface area contributed by atoms with Gasteiger partial charge in [0.25, 0.3) is 0 Å². The molecule has 2 heterocycles. The molecule has 0 spiro atoms. The smallest absolute Gasteiger partial charge is 0.171 e. The summed E-state index contributed by atoms with van der Waals surface area (Å²) >= 11 is 7.90. The van der Waals surface area contributed by atoms with Crippen molar-refractivity contribution >= 4 is 33.8 Å². The van der Waals surface area contributed by atoms with Crippen LogP contribution in [0.25, 0.3) is 21.6 Å². The van der Waals surface area contributed by atoms with Gasteiger partial charge in [-0.3, -0.25) is 0 Å². The Bertz CT molecular complexity index is 741. The normalized spacial score (nSPS) is 10.9. The highest BCUT2D eigenvalue weighted by Gasteiger charge is 2.14. The Balaban J connectivity index is 2.36. The average Bonchev–Trinajstić information content (AvgIpc) is 2.92. The Morgan fingerprint density at radius 3 is 2.74 bits per heavy atom. The number of rotatable bonds is 2.